The Morgan fingerprint density at radius 1 is 1.33 bits per heavy atom. The van der Waals surface area contributed by atoms with Crippen LogP contribution >= 0.6 is 23.2 Å². The monoisotopic (exact) mass is 166 g/mol. The number of alkyl halides is 2. The Labute approximate surface area is 66.5 Å². The third-order valence-electron chi connectivity index (χ3n) is 1.94. The van der Waals surface area contributed by atoms with Gasteiger partial charge in [0.1, 0.15) is 0 Å². The van der Waals surface area contributed by atoms with Crippen molar-refractivity contribution < 1.29 is 0 Å². The number of hydrogen-bond donors (Lipinski definition) is 0. The minimum atomic E-state index is 0.405. The van der Waals surface area contributed by atoms with Crippen LogP contribution in [0.3, 0.4) is 0 Å². The van der Waals surface area contributed by atoms with E-state index in [1.807, 2.05) is 0 Å². The Bertz CT molecular complexity index is 83.0. The zero-order chi connectivity index (χ0) is 6.69. The highest BCUT2D eigenvalue weighted by atomic mass is 35.5. The lowest BCUT2D eigenvalue weighted by molar-refractivity contribution is 0.394. The SMILES string of the molecule is ClCC1CCCC(Cl)C1. The van der Waals surface area contributed by atoms with Crippen molar-refractivity contribution in [3.05, 3.63) is 0 Å². The van der Waals surface area contributed by atoms with Crippen molar-refractivity contribution in [3.8, 4) is 0 Å². The maximum atomic E-state index is 5.93. The summed E-state index contributed by atoms with van der Waals surface area (Å²) in [6.07, 6.45) is 4.87. The molecule has 0 saturated heterocycles. The van der Waals surface area contributed by atoms with Gasteiger partial charge in [-0.25, -0.2) is 0 Å². The normalized spacial score (nSPS) is 36.7. The fourth-order valence-corrected chi connectivity index (χ4v) is 2.05. The van der Waals surface area contributed by atoms with Crippen molar-refractivity contribution in [2.24, 2.45) is 5.92 Å². The number of rotatable bonds is 1. The minimum Gasteiger partial charge on any atom is -0.126 e. The molecule has 0 amide bonds. The summed E-state index contributed by atoms with van der Waals surface area (Å²) in [6, 6.07) is 0. The summed E-state index contributed by atoms with van der Waals surface area (Å²) < 4.78 is 0. The zero-order valence-corrected chi connectivity index (χ0v) is 6.96. The van der Waals surface area contributed by atoms with Crippen LogP contribution in [0.1, 0.15) is 25.7 Å². The van der Waals surface area contributed by atoms with Crippen LogP contribution in [0.25, 0.3) is 0 Å². The number of halogens is 2. The van der Waals surface area contributed by atoms with Crippen LogP contribution < -0.4 is 0 Å². The molecule has 0 nitrogen and oxygen atoms in total. The van der Waals surface area contributed by atoms with Gasteiger partial charge in [0.15, 0.2) is 0 Å². The molecule has 1 aliphatic rings. The van der Waals surface area contributed by atoms with Gasteiger partial charge in [-0.3, -0.25) is 0 Å². The van der Waals surface area contributed by atoms with E-state index in [4.69, 9.17) is 23.2 Å². The molecule has 54 valence electrons. The molecule has 9 heavy (non-hydrogen) atoms. The second kappa shape index (κ2) is 3.68. The summed E-state index contributed by atoms with van der Waals surface area (Å²) in [5.41, 5.74) is 0. The fraction of sp³-hybridized carbons (Fsp3) is 1.00. The number of hydrogen-bond acceptors (Lipinski definition) is 0. The van der Waals surface area contributed by atoms with Gasteiger partial charge in [0.2, 0.25) is 0 Å². The van der Waals surface area contributed by atoms with Crippen LogP contribution in [0.15, 0.2) is 0 Å². The quantitative estimate of drug-likeness (QED) is 0.526. The van der Waals surface area contributed by atoms with Crippen LogP contribution in [-0.4, -0.2) is 11.3 Å². The maximum Gasteiger partial charge on any atom is 0.0339 e. The predicted octanol–water partition coefficient (Wildman–Crippen LogP) is 3.02. The van der Waals surface area contributed by atoms with E-state index in [9.17, 15) is 0 Å². The highest BCUT2D eigenvalue weighted by molar-refractivity contribution is 6.21. The highest BCUT2D eigenvalue weighted by Crippen LogP contribution is 2.28. The molecule has 0 radical (unpaired) electrons. The van der Waals surface area contributed by atoms with Gasteiger partial charge >= 0.3 is 0 Å². The Morgan fingerprint density at radius 3 is 2.56 bits per heavy atom. The van der Waals surface area contributed by atoms with E-state index in [1.54, 1.807) is 0 Å². The second-order valence-corrected chi connectivity index (χ2v) is 3.71. The molecule has 1 saturated carbocycles. The summed E-state index contributed by atoms with van der Waals surface area (Å²) in [5, 5.41) is 0.405. The van der Waals surface area contributed by atoms with E-state index < -0.39 is 0 Å². The third kappa shape index (κ3) is 2.35. The van der Waals surface area contributed by atoms with Crippen molar-refractivity contribution >= 4 is 23.2 Å². The van der Waals surface area contributed by atoms with Crippen LogP contribution in [0.2, 0.25) is 0 Å². The summed E-state index contributed by atoms with van der Waals surface area (Å²) in [5.74, 6) is 1.49. The van der Waals surface area contributed by atoms with Gasteiger partial charge in [0, 0.05) is 11.3 Å². The van der Waals surface area contributed by atoms with Crippen molar-refractivity contribution in [2.45, 2.75) is 31.1 Å². The van der Waals surface area contributed by atoms with E-state index in [0.29, 0.717) is 11.3 Å². The highest BCUT2D eigenvalue weighted by Gasteiger charge is 2.18. The first-order chi connectivity index (χ1) is 4.33. The van der Waals surface area contributed by atoms with Crippen molar-refractivity contribution in [2.75, 3.05) is 5.88 Å². The molecule has 1 fully saturated rings. The summed E-state index contributed by atoms with van der Waals surface area (Å²) in [6.45, 7) is 0. The van der Waals surface area contributed by atoms with E-state index in [0.717, 1.165) is 12.3 Å². The van der Waals surface area contributed by atoms with Crippen LogP contribution in [0, 0.1) is 5.92 Å². The Balaban J connectivity index is 2.23. The summed E-state index contributed by atoms with van der Waals surface area (Å²) >= 11 is 11.6. The Kier molecular flexibility index (Phi) is 3.14. The van der Waals surface area contributed by atoms with Gasteiger partial charge in [-0.1, -0.05) is 6.42 Å². The molecule has 1 aliphatic carbocycles. The first-order valence-electron chi connectivity index (χ1n) is 3.53. The lowest BCUT2D eigenvalue weighted by Crippen LogP contribution is -2.16. The van der Waals surface area contributed by atoms with Gasteiger partial charge in [0.25, 0.3) is 0 Å². The van der Waals surface area contributed by atoms with Crippen LogP contribution in [0.5, 0.6) is 0 Å². The molecule has 2 heteroatoms. The van der Waals surface area contributed by atoms with Gasteiger partial charge in [-0.2, -0.15) is 0 Å². The molecule has 0 N–H and O–H groups in total. The summed E-state index contributed by atoms with van der Waals surface area (Å²) in [4.78, 5) is 0. The largest absolute Gasteiger partial charge is 0.126 e. The first-order valence-corrected chi connectivity index (χ1v) is 4.50. The molecule has 0 heterocycles. The smallest absolute Gasteiger partial charge is 0.0339 e. The molecule has 0 aromatic heterocycles. The van der Waals surface area contributed by atoms with E-state index >= 15 is 0 Å². The van der Waals surface area contributed by atoms with Crippen LogP contribution in [0.4, 0.5) is 0 Å². The molecule has 1 rings (SSSR count). The second-order valence-electron chi connectivity index (χ2n) is 2.78. The third-order valence-corrected chi connectivity index (χ3v) is 2.77. The minimum absolute atomic E-state index is 0.405. The maximum absolute atomic E-state index is 5.93. The zero-order valence-electron chi connectivity index (χ0n) is 5.45. The van der Waals surface area contributed by atoms with Crippen LogP contribution in [-0.2, 0) is 0 Å². The molecule has 0 bridgehead atoms. The van der Waals surface area contributed by atoms with Gasteiger partial charge in [-0.15, -0.1) is 23.2 Å². The van der Waals surface area contributed by atoms with Crippen molar-refractivity contribution in [1.29, 1.82) is 0 Å². The molecule has 0 spiro atoms. The molecule has 2 unspecified atom stereocenters. The predicted molar refractivity (Wildman–Crippen MR) is 42.3 cm³/mol. The molecule has 0 aromatic rings. The molecular weight excluding hydrogens is 155 g/mol. The topological polar surface area (TPSA) is 0 Å². The Hall–Kier alpha value is 0.580. The van der Waals surface area contributed by atoms with E-state index in [-0.39, 0.29) is 0 Å². The lowest BCUT2D eigenvalue weighted by Gasteiger charge is -2.22. The molecule has 2 atom stereocenters. The van der Waals surface area contributed by atoms with Gasteiger partial charge in [0.05, 0.1) is 0 Å². The Morgan fingerprint density at radius 2 is 2.11 bits per heavy atom. The van der Waals surface area contributed by atoms with E-state index in [1.165, 1.54) is 19.3 Å². The summed E-state index contributed by atoms with van der Waals surface area (Å²) in [7, 11) is 0. The average Bonchev–Trinajstić information content (AvgIpc) is 1.88. The fourth-order valence-electron chi connectivity index (χ4n) is 1.37. The lowest BCUT2D eigenvalue weighted by atomic mass is 9.90. The average molecular weight is 167 g/mol. The molecule has 0 aromatic carbocycles. The van der Waals surface area contributed by atoms with E-state index in [2.05, 4.69) is 0 Å². The van der Waals surface area contributed by atoms with Crippen molar-refractivity contribution in [1.82, 2.24) is 0 Å². The first kappa shape index (κ1) is 7.68. The molecular formula is C7H12Cl2. The van der Waals surface area contributed by atoms with Crippen molar-refractivity contribution in [3.63, 3.8) is 0 Å². The standard InChI is InChI=1S/C7H12Cl2/c8-5-6-2-1-3-7(9)4-6/h6-7H,1-5H2. The molecule has 0 aliphatic heterocycles. The van der Waals surface area contributed by atoms with Gasteiger partial charge < -0.3 is 0 Å². The van der Waals surface area contributed by atoms with Gasteiger partial charge in [-0.05, 0) is 25.2 Å².